The number of hydrogen-bond acceptors (Lipinski definition) is 4. The maximum Gasteiger partial charge on any atom is 0.313 e. The lowest BCUT2D eigenvalue weighted by Crippen LogP contribution is -2.29. The van der Waals surface area contributed by atoms with Crippen LogP contribution in [0.2, 0.25) is 0 Å². The van der Waals surface area contributed by atoms with Gasteiger partial charge in [-0.2, -0.15) is 17.8 Å². The van der Waals surface area contributed by atoms with E-state index in [0.29, 0.717) is 13.1 Å². The third kappa shape index (κ3) is 2.71. The standard InChI is InChI=1S/C19H17NO3S/c1-14-8-10-18(11-9-14)24(21,22)23-20-12-16-6-2-4-15-5-3-7-17(13-20)19(15)16/h2-11H,12-13H2,1H3. The number of hydroxylamine groups is 2. The molecule has 4 nitrogen and oxygen atoms in total. The summed E-state index contributed by atoms with van der Waals surface area (Å²) in [7, 11) is -3.82. The molecule has 0 unspecified atom stereocenters. The Balaban J connectivity index is 1.64. The first kappa shape index (κ1) is 15.3. The van der Waals surface area contributed by atoms with Gasteiger partial charge in [0.05, 0.1) is 18.0 Å². The molecule has 1 heterocycles. The minimum Gasteiger partial charge on any atom is -0.192 e. The number of aryl methyl sites for hydroxylation is 1. The SMILES string of the molecule is Cc1ccc(S(=O)(=O)ON2Cc3cccc4cccc(c34)C2)cc1. The van der Waals surface area contributed by atoms with Gasteiger partial charge in [0, 0.05) is 0 Å². The Hall–Kier alpha value is -2.21. The molecule has 0 spiro atoms. The zero-order valence-electron chi connectivity index (χ0n) is 13.3. The third-order valence-corrected chi connectivity index (χ3v) is 5.54. The van der Waals surface area contributed by atoms with Gasteiger partial charge >= 0.3 is 10.1 Å². The summed E-state index contributed by atoms with van der Waals surface area (Å²) in [6, 6.07) is 18.8. The van der Waals surface area contributed by atoms with Crippen molar-refractivity contribution in [3.05, 3.63) is 77.4 Å². The summed E-state index contributed by atoms with van der Waals surface area (Å²) >= 11 is 0. The van der Waals surface area contributed by atoms with Gasteiger partial charge in [-0.3, -0.25) is 0 Å². The van der Waals surface area contributed by atoms with Gasteiger partial charge < -0.3 is 0 Å². The Morgan fingerprint density at radius 1 is 0.875 bits per heavy atom. The lowest BCUT2D eigenvalue weighted by Gasteiger charge is -2.27. The van der Waals surface area contributed by atoms with Crippen LogP contribution in [0.3, 0.4) is 0 Å². The normalized spacial score (nSPS) is 14.9. The fourth-order valence-electron chi connectivity index (χ4n) is 3.14. The van der Waals surface area contributed by atoms with E-state index in [-0.39, 0.29) is 4.90 Å². The molecule has 3 aromatic carbocycles. The fourth-order valence-corrected chi connectivity index (χ4v) is 4.08. The van der Waals surface area contributed by atoms with Crippen LogP contribution in [-0.2, 0) is 27.5 Å². The van der Waals surface area contributed by atoms with Crippen LogP contribution in [0.4, 0.5) is 0 Å². The molecule has 0 atom stereocenters. The second-order valence-electron chi connectivity index (χ2n) is 6.07. The van der Waals surface area contributed by atoms with E-state index in [1.807, 2.05) is 31.2 Å². The van der Waals surface area contributed by atoms with E-state index in [9.17, 15) is 8.42 Å². The summed E-state index contributed by atoms with van der Waals surface area (Å²) in [5.74, 6) is 0. The number of nitrogens with zero attached hydrogens (tertiary/aromatic N) is 1. The molecule has 0 amide bonds. The summed E-state index contributed by atoms with van der Waals surface area (Å²) in [4.78, 5) is 0.171. The Bertz CT molecular complexity index is 970. The molecule has 5 heteroatoms. The van der Waals surface area contributed by atoms with Crippen molar-refractivity contribution in [2.75, 3.05) is 0 Å². The molecular weight excluding hydrogens is 322 g/mol. The summed E-state index contributed by atoms with van der Waals surface area (Å²) in [6.45, 7) is 2.80. The van der Waals surface area contributed by atoms with Gasteiger partial charge in [-0.1, -0.05) is 54.1 Å². The summed E-state index contributed by atoms with van der Waals surface area (Å²) in [5, 5.41) is 3.88. The number of hydrogen-bond donors (Lipinski definition) is 0. The Kier molecular flexibility index (Phi) is 3.64. The predicted octanol–water partition coefficient (Wildman–Crippen LogP) is 3.78. The second-order valence-corrected chi connectivity index (χ2v) is 7.60. The van der Waals surface area contributed by atoms with Crippen LogP contribution in [0, 0.1) is 6.92 Å². The quantitative estimate of drug-likeness (QED) is 0.728. The van der Waals surface area contributed by atoms with Gasteiger partial charge in [0.25, 0.3) is 0 Å². The van der Waals surface area contributed by atoms with Crippen molar-refractivity contribution in [2.24, 2.45) is 0 Å². The summed E-state index contributed by atoms with van der Waals surface area (Å²) < 4.78 is 30.4. The summed E-state index contributed by atoms with van der Waals surface area (Å²) in [6.07, 6.45) is 0. The van der Waals surface area contributed by atoms with E-state index in [4.69, 9.17) is 4.28 Å². The minimum atomic E-state index is -3.82. The van der Waals surface area contributed by atoms with Crippen LogP contribution < -0.4 is 0 Å². The van der Waals surface area contributed by atoms with E-state index in [1.54, 1.807) is 24.3 Å². The lowest BCUT2D eigenvalue weighted by molar-refractivity contribution is -0.0706. The summed E-state index contributed by atoms with van der Waals surface area (Å²) in [5.41, 5.74) is 3.16. The van der Waals surface area contributed by atoms with E-state index in [1.165, 1.54) is 15.8 Å². The first-order valence-corrected chi connectivity index (χ1v) is 9.19. The highest BCUT2D eigenvalue weighted by Gasteiger charge is 2.25. The van der Waals surface area contributed by atoms with Gasteiger partial charge in [-0.15, -0.1) is 0 Å². The second kappa shape index (κ2) is 5.70. The molecule has 0 aliphatic carbocycles. The molecule has 1 aliphatic heterocycles. The molecule has 1 aliphatic rings. The van der Waals surface area contributed by atoms with Crippen LogP contribution in [-0.4, -0.2) is 13.5 Å². The van der Waals surface area contributed by atoms with Crippen molar-refractivity contribution in [2.45, 2.75) is 24.9 Å². The van der Waals surface area contributed by atoms with Crippen LogP contribution >= 0.6 is 0 Å². The van der Waals surface area contributed by atoms with Crippen molar-refractivity contribution >= 4 is 20.9 Å². The van der Waals surface area contributed by atoms with Crippen molar-refractivity contribution in [3.63, 3.8) is 0 Å². The Labute approximate surface area is 141 Å². The number of rotatable bonds is 3. The maximum absolute atomic E-state index is 12.5. The van der Waals surface area contributed by atoms with Crippen molar-refractivity contribution in [1.82, 2.24) is 5.06 Å². The van der Waals surface area contributed by atoms with Gasteiger partial charge in [0.2, 0.25) is 0 Å². The average Bonchev–Trinajstić information content (AvgIpc) is 2.55. The minimum absolute atomic E-state index is 0.171. The fraction of sp³-hybridized carbons (Fsp3) is 0.158. The molecular formula is C19H17NO3S. The van der Waals surface area contributed by atoms with Crippen molar-refractivity contribution < 1.29 is 12.7 Å². The van der Waals surface area contributed by atoms with E-state index < -0.39 is 10.1 Å². The highest BCUT2D eigenvalue weighted by atomic mass is 32.2. The molecule has 0 aromatic heterocycles. The average molecular weight is 339 g/mol. The van der Waals surface area contributed by atoms with Crippen LogP contribution in [0.1, 0.15) is 16.7 Å². The predicted molar refractivity (Wildman–Crippen MR) is 92.6 cm³/mol. The monoisotopic (exact) mass is 339 g/mol. The maximum atomic E-state index is 12.5. The highest BCUT2D eigenvalue weighted by Crippen LogP contribution is 2.31. The van der Waals surface area contributed by atoms with Crippen LogP contribution in [0.5, 0.6) is 0 Å². The first-order chi connectivity index (χ1) is 11.5. The van der Waals surface area contributed by atoms with Gasteiger partial charge in [0.1, 0.15) is 0 Å². The zero-order valence-corrected chi connectivity index (χ0v) is 14.1. The molecule has 3 aromatic rings. The van der Waals surface area contributed by atoms with Gasteiger partial charge in [-0.25, -0.2) is 0 Å². The van der Waals surface area contributed by atoms with Crippen molar-refractivity contribution in [1.29, 1.82) is 0 Å². The van der Waals surface area contributed by atoms with Crippen LogP contribution in [0.15, 0.2) is 65.6 Å². The molecule has 0 N–H and O–H groups in total. The third-order valence-electron chi connectivity index (χ3n) is 4.28. The Morgan fingerprint density at radius 2 is 1.46 bits per heavy atom. The van der Waals surface area contributed by atoms with Crippen molar-refractivity contribution in [3.8, 4) is 0 Å². The van der Waals surface area contributed by atoms with Gasteiger partial charge in [-0.05, 0) is 41.0 Å². The highest BCUT2D eigenvalue weighted by molar-refractivity contribution is 7.86. The van der Waals surface area contributed by atoms with E-state index in [2.05, 4.69) is 12.1 Å². The molecule has 0 saturated carbocycles. The van der Waals surface area contributed by atoms with Gasteiger partial charge in [0.15, 0.2) is 0 Å². The Morgan fingerprint density at radius 3 is 2.04 bits per heavy atom. The molecule has 4 rings (SSSR count). The molecule has 0 saturated heterocycles. The molecule has 0 bridgehead atoms. The zero-order chi connectivity index (χ0) is 16.7. The smallest absolute Gasteiger partial charge is 0.192 e. The van der Waals surface area contributed by atoms with E-state index >= 15 is 0 Å². The molecule has 0 fully saturated rings. The lowest BCUT2D eigenvalue weighted by atomic mass is 9.96. The largest absolute Gasteiger partial charge is 0.313 e. The first-order valence-electron chi connectivity index (χ1n) is 7.79. The number of benzene rings is 3. The molecule has 0 radical (unpaired) electrons. The molecule has 122 valence electrons. The van der Waals surface area contributed by atoms with E-state index in [0.717, 1.165) is 16.7 Å². The topological polar surface area (TPSA) is 46.6 Å². The van der Waals surface area contributed by atoms with Crippen LogP contribution in [0.25, 0.3) is 10.8 Å². The molecule has 24 heavy (non-hydrogen) atoms.